The minimum atomic E-state index is -0.482. The van der Waals surface area contributed by atoms with E-state index >= 15 is 0 Å². The number of anilines is 1. The minimum Gasteiger partial charge on any atom is -0.495 e. The van der Waals surface area contributed by atoms with Crippen molar-refractivity contribution in [3.63, 3.8) is 0 Å². The summed E-state index contributed by atoms with van der Waals surface area (Å²) >= 11 is 11.7. The molecule has 1 aromatic carbocycles. The van der Waals surface area contributed by atoms with E-state index in [2.05, 4.69) is 15.3 Å². The SMILES string of the molecule is COc1cc(OC)c(NC(=O)c2cncc(Cl)n2)cc1Cl. The maximum atomic E-state index is 12.1. The molecule has 1 amide bonds. The molecular weight excluding hydrogens is 317 g/mol. The van der Waals surface area contributed by atoms with Crippen LogP contribution in [0.1, 0.15) is 10.5 Å². The van der Waals surface area contributed by atoms with Gasteiger partial charge in [0.05, 0.1) is 37.3 Å². The number of nitrogens with one attached hydrogen (secondary N) is 1. The summed E-state index contributed by atoms with van der Waals surface area (Å²) in [5.41, 5.74) is 0.464. The Morgan fingerprint density at radius 1 is 1.14 bits per heavy atom. The highest BCUT2D eigenvalue weighted by atomic mass is 35.5. The summed E-state index contributed by atoms with van der Waals surface area (Å²) in [6, 6.07) is 3.09. The summed E-state index contributed by atoms with van der Waals surface area (Å²) < 4.78 is 10.3. The van der Waals surface area contributed by atoms with Crippen LogP contribution in [0.4, 0.5) is 5.69 Å². The van der Waals surface area contributed by atoms with Crippen molar-refractivity contribution in [3.8, 4) is 11.5 Å². The van der Waals surface area contributed by atoms with Crippen molar-refractivity contribution in [1.29, 1.82) is 0 Å². The lowest BCUT2D eigenvalue weighted by atomic mass is 10.2. The summed E-state index contributed by atoms with van der Waals surface area (Å²) in [6.45, 7) is 0. The van der Waals surface area contributed by atoms with Gasteiger partial charge in [0.1, 0.15) is 22.3 Å². The molecule has 110 valence electrons. The Labute approximate surface area is 131 Å². The molecule has 0 fully saturated rings. The number of aromatic nitrogens is 2. The highest BCUT2D eigenvalue weighted by molar-refractivity contribution is 6.32. The fourth-order valence-corrected chi connectivity index (χ4v) is 1.98. The average molecular weight is 328 g/mol. The van der Waals surface area contributed by atoms with Crippen LogP contribution >= 0.6 is 23.2 Å². The van der Waals surface area contributed by atoms with Gasteiger partial charge < -0.3 is 14.8 Å². The summed E-state index contributed by atoms with van der Waals surface area (Å²) in [7, 11) is 2.96. The zero-order valence-corrected chi connectivity index (χ0v) is 12.7. The number of carbonyl (C=O) groups is 1. The molecule has 1 N–H and O–H groups in total. The van der Waals surface area contributed by atoms with E-state index in [1.807, 2.05) is 0 Å². The molecule has 0 saturated heterocycles. The third kappa shape index (κ3) is 3.53. The molecule has 21 heavy (non-hydrogen) atoms. The van der Waals surface area contributed by atoms with E-state index in [0.717, 1.165) is 0 Å². The number of carbonyl (C=O) groups excluding carboxylic acids is 1. The fraction of sp³-hybridized carbons (Fsp3) is 0.154. The molecule has 0 saturated carbocycles. The van der Waals surface area contributed by atoms with Crippen molar-refractivity contribution in [2.24, 2.45) is 0 Å². The van der Waals surface area contributed by atoms with Crippen molar-refractivity contribution in [2.75, 3.05) is 19.5 Å². The predicted molar refractivity (Wildman–Crippen MR) is 79.6 cm³/mol. The second-order valence-corrected chi connectivity index (χ2v) is 4.66. The van der Waals surface area contributed by atoms with Crippen LogP contribution in [0.5, 0.6) is 11.5 Å². The maximum absolute atomic E-state index is 12.1. The van der Waals surface area contributed by atoms with Crippen LogP contribution < -0.4 is 14.8 Å². The minimum absolute atomic E-state index is 0.0801. The standard InChI is InChI=1S/C13H11Cl2N3O3/c1-20-10-4-11(21-2)8(3-7(10)14)18-13(19)9-5-16-6-12(15)17-9/h3-6H,1-2H3,(H,18,19). The number of amides is 1. The van der Waals surface area contributed by atoms with Gasteiger partial charge in [0.2, 0.25) is 0 Å². The number of ether oxygens (including phenoxy) is 2. The number of methoxy groups -OCH3 is 2. The molecule has 8 heteroatoms. The van der Waals surface area contributed by atoms with Crippen molar-refractivity contribution < 1.29 is 14.3 Å². The zero-order valence-electron chi connectivity index (χ0n) is 11.2. The lowest BCUT2D eigenvalue weighted by Crippen LogP contribution is -2.14. The normalized spacial score (nSPS) is 10.1. The van der Waals surface area contributed by atoms with Gasteiger partial charge in [-0.25, -0.2) is 4.98 Å². The third-order valence-corrected chi connectivity index (χ3v) is 3.04. The molecule has 0 aliphatic carbocycles. The zero-order chi connectivity index (χ0) is 15.4. The second kappa shape index (κ2) is 6.60. The van der Waals surface area contributed by atoms with Crippen molar-refractivity contribution in [1.82, 2.24) is 9.97 Å². The van der Waals surface area contributed by atoms with Gasteiger partial charge in [0, 0.05) is 6.07 Å². The Balaban J connectivity index is 2.30. The molecule has 1 aromatic heterocycles. The van der Waals surface area contributed by atoms with Crippen molar-refractivity contribution >= 4 is 34.8 Å². The lowest BCUT2D eigenvalue weighted by Gasteiger charge is -2.12. The first-order valence-corrected chi connectivity index (χ1v) is 6.51. The van der Waals surface area contributed by atoms with E-state index in [4.69, 9.17) is 32.7 Å². The first kappa shape index (κ1) is 15.3. The van der Waals surface area contributed by atoms with Gasteiger partial charge in [-0.3, -0.25) is 9.78 Å². The van der Waals surface area contributed by atoms with E-state index in [1.165, 1.54) is 32.7 Å². The van der Waals surface area contributed by atoms with Gasteiger partial charge >= 0.3 is 0 Å². The first-order valence-electron chi connectivity index (χ1n) is 5.75. The number of hydrogen-bond acceptors (Lipinski definition) is 5. The van der Waals surface area contributed by atoms with E-state index in [9.17, 15) is 4.79 Å². The largest absolute Gasteiger partial charge is 0.495 e. The van der Waals surface area contributed by atoms with Crippen LogP contribution in [0.25, 0.3) is 0 Å². The highest BCUT2D eigenvalue weighted by Crippen LogP contribution is 2.36. The lowest BCUT2D eigenvalue weighted by molar-refractivity contribution is 0.102. The van der Waals surface area contributed by atoms with Crippen LogP contribution in [0, 0.1) is 0 Å². The number of halogens is 2. The Kier molecular flexibility index (Phi) is 4.82. The number of benzene rings is 1. The number of nitrogens with zero attached hydrogens (tertiary/aromatic N) is 2. The molecule has 0 aliphatic rings. The Hall–Kier alpha value is -2.05. The fourth-order valence-electron chi connectivity index (χ4n) is 1.60. The Bertz CT molecular complexity index is 680. The van der Waals surface area contributed by atoms with Crippen molar-refractivity contribution in [2.45, 2.75) is 0 Å². The third-order valence-electron chi connectivity index (χ3n) is 2.56. The Morgan fingerprint density at radius 3 is 2.48 bits per heavy atom. The summed E-state index contributed by atoms with van der Waals surface area (Å²) in [5.74, 6) is 0.359. The van der Waals surface area contributed by atoms with Gasteiger partial charge in [-0.2, -0.15) is 0 Å². The number of hydrogen-bond donors (Lipinski definition) is 1. The van der Waals surface area contributed by atoms with Gasteiger partial charge in [0.25, 0.3) is 5.91 Å². The molecular formula is C13H11Cl2N3O3. The molecule has 6 nitrogen and oxygen atoms in total. The summed E-state index contributed by atoms with van der Waals surface area (Å²) in [6.07, 6.45) is 2.64. The molecule has 2 aromatic rings. The molecule has 0 bridgehead atoms. The van der Waals surface area contributed by atoms with E-state index in [-0.39, 0.29) is 10.8 Å². The molecule has 0 spiro atoms. The molecule has 0 atom stereocenters. The van der Waals surface area contributed by atoms with E-state index < -0.39 is 5.91 Å². The number of rotatable bonds is 4. The van der Waals surface area contributed by atoms with Crippen LogP contribution in [-0.2, 0) is 0 Å². The predicted octanol–water partition coefficient (Wildman–Crippen LogP) is 3.05. The van der Waals surface area contributed by atoms with Crippen LogP contribution in [0.15, 0.2) is 24.5 Å². The monoisotopic (exact) mass is 327 g/mol. The van der Waals surface area contributed by atoms with Crippen LogP contribution in [0.3, 0.4) is 0 Å². The molecule has 0 unspecified atom stereocenters. The average Bonchev–Trinajstić information content (AvgIpc) is 2.47. The Morgan fingerprint density at radius 2 is 1.86 bits per heavy atom. The van der Waals surface area contributed by atoms with Crippen molar-refractivity contribution in [3.05, 3.63) is 40.4 Å². The maximum Gasteiger partial charge on any atom is 0.276 e. The molecule has 2 rings (SSSR count). The van der Waals surface area contributed by atoms with E-state index in [1.54, 1.807) is 6.07 Å². The molecule has 0 aliphatic heterocycles. The topological polar surface area (TPSA) is 73.3 Å². The van der Waals surface area contributed by atoms with Gasteiger partial charge in [-0.05, 0) is 6.07 Å². The van der Waals surface area contributed by atoms with Crippen LogP contribution in [0.2, 0.25) is 10.2 Å². The van der Waals surface area contributed by atoms with Gasteiger partial charge in [-0.1, -0.05) is 23.2 Å². The second-order valence-electron chi connectivity index (χ2n) is 3.87. The van der Waals surface area contributed by atoms with E-state index in [0.29, 0.717) is 22.2 Å². The summed E-state index contributed by atoms with van der Waals surface area (Å²) in [4.78, 5) is 19.8. The quantitative estimate of drug-likeness (QED) is 0.934. The smallest absolute Gasteiger partial charge is 0.276 e. The molecule has 0 radical (unpaired) electrons. The van der Waals surface area contributed by atoms with Gasteiger partial charge in [0.15, 0.2) is 0 Å². The van der Waals surface area contributed by atoms with Gasteiger partial charge in [-0.15, -0.1) is 0 Å². The van der Waals surface area contributed by atoms with Crippen LogP contribution in [-0.4, -0.2) is 30.1 Å². The first-order chi connectivity index (χ1) is 10.0. The summed E-state index contributed by atoms with van der Waals surface area (Å²) in [5, 5.41) is 3.10. The highest BCUT2D eigenvalue weighted by Gasteiger charge is 2.15. The molecule has 1 heterocycles.